The van der Waals surface area contributed by atoms with Gasteiger partial charge in [-0.15, -0.1) is 5.10 Å². The van der Waals surface area contributed by atoms with Crippen LogP contribution in [0.15, 0.2) is 40.3 Å². The number of fused-ring (bicyclic) bond motifs is 1. The fourth-order valence-corrected chi connectivity index (χ4v) is 4.57. The molecular weight excluding hydrogens is 396 g/mol. The van der Waals surface area contributed by atoms with Crippen LogP contribution in [0, 0.1) is 0 Å². The number of H-pyrrole nitrogens is 1. The summed E-state index contributed by atoms with van der Waals surface area (Å²) in [6.07, 6.45) is 2.30. The quantitative estimate of drug-likeness (QED) is 0.486. The maximum absolute atomic E-state index is 12.3. The number of hydrogen-bond donors (Lipinski definition) is 1. The molecule has 3 heterocycles. The molecule has 0 saturated heterocycles. The molecule has 1 saturated carbocycles. The second-order valence-electron chi connectivity index (χ2n) is 6.48. The van der Waals surface area contributed by atoms with Gasteiger partial charge in [0.2, 0.25) is 10.1 Å². The molecule has 1 aromatic carbocycles. The second-order valence-corrected chi connectivity index (χ2v) is 8.41. The molecule has 4 aromatic rings. The van der Waals surface area contributed by atoms with Crippen LogP contribution < -0.4 is 10.3 Å². The van der Waals surface area contributed by atoms with Gasteiger partial charge in [0, 0.05) is 23.3 Å². The number of methoxy groups -OCH3 is 1. The Balaban J connectivity index is 1.33. The van der Waals surface area contributed by atoms with E-state index in [1.165, 1.54) is 33.7 Å². The predicted molar refractivity (Wildman–Crippen MR) is 107 cm³/mol. The summed E-state index contributed by atoms with van der Waals surface area (Å²) in [5.74, 6) is 2.45. The first-order chi connectivity index (χ1) is 13.7. The zero-order valence-electron chi connectivity index (χ0n) is 15.0. The van der Waals surface area contributed by atoms with E-state index in [1.807, 2.05) is 24.3 Å². The van der Waals surface area contributed by atoms with E-state index in [9.17, 15) is 4.79 Å². The van der Waals surface area contributed by atoms with Crippen LogP contribution in [0.25, 0.3) is 16.3 Å². The standard InChI is InChI=1S/C18H16N6O2S2/c1-26-13-4-2-3-11(7-13)15-20-17(22-21-15)27-9-12-8-14(25)24-18(19-12)28-16(23-24)10-5-6-10/h2-4,7-8,10H,5-6,9H2,1H3,(H,20,21,22). The van der Waals surface area contributed by atoms with Crippen LogP contribution in [-0.2, 0) is 5.75 Å². The average Bonchev–Trinajstić information content (AvgIpc) is 3.29. The van der Waals surface area contributed by atoms with Gasteiger partial charge >= 0.3 is 0 Å². The number of nitrogens with zero attached hydrogens (tertiary/aromatic N) is 5. The lowest BCUT2D eigenvalue weighted by Gasteiger charge is -2.00. The van der Waals surface area contributed by atoms with Crippen LogP contribution in [0.2, 0.25) is 0 Å². The number of thioether (sulfide) groups is 1. The summed E-state index contributed by atoms with van der Waals surface area (Å²) in [7, 11) is 1.63. The molecule has 1 fully saturated rings. The Morgan fingerprint density at radius 1 is 1.32 bits per heavy atom. The summed E-state index contributed by atoms with van der Waals surface area (Å²) in [5.41, 5.74) is 1.46. The van der Waals surface area contributed by atoms with Crippen molar-refractivity contribution in [3.63, 3.8) is 0 Å². The number of hydrogen-bond acceptors (Lipinski definition) is 8. The summed E-state index contributed by atoms with van der Waals surface area (Å²) >= 11 is 2.94. The largest absolute Gasteiger partial charge is 0.497 e. The van der Waals surface area contributed by atoms with Crippen LogP contribution in [0.5, 0.6) is 5.75 Å². The van der Waals surface area contributed by atoms with Gasteiger partial charge in [0.25, 0.3) is 5.56 Å². The van der Waals surface area contributed by atoms with Crippen LogP contribution in [0.3, 0.4) is 0 Å². The Bertz CT molecular complexity index is 1210. The number of nitrogens with one attached hydrogen (secondary N) is 1. The highest BCUT2D eigenvalue weighted by Crippen LogP contribution is 2.41. The van der Waals surface area contributed by atoms with Gasteiger partial charge in [0.15, 0.2) is 5.82 Å². The fourth-order valence-electron chi connectivity index (χ4n) is 2.79. The van der Waals surface area contributed by atoms with Crippen molar-refractivity contribution in [3.8, 4) is 17.1 Å². The molecule has 142 valence electrons. The molecule has 5 rings (SSSR count). The van der Waals surface area contributed by atoms with E-state index in [4.69, 9.17) is 4.74 Å². The first-order valence-electron chi connectivity index (χ1n) is 8.79. The summed E-state index contributed by atoms with van der Waals surface area (Å²) in [4.78, 5) is 22.1. The van der Waals surface area contributed by atoms with E-state index < -0.39 is 0 Å². The molecule has 1 N–H and O–H groups in total. The molecule has 10 heteroatoms. The summed E-state index contributed by atoms with van der Waals surface area (Å²) in [6, 6.07) is 9.15. The van der Waals surface area contributed by atoms with Gasteiger partial charge in [-0.05, 0) is 25.0 Å². The minimum absolute atomic E-state index is 0.143. The molecule has 0 bridgehead atoms. The van der Waals surface area contributed by atoms with E-state index in [1.54, 1.807) is 7.11 Å². The topological polar surface area (TPSA) is 98.1 Å². The number of rotatable bonds is 6. The van der Waals surface area contributed by atoms with Crippen LogP contribution in [0.4, 0.5) is 0 Å². The first kappa shape index (κ1) is 17.4. The van der Waals surface area contributed by atoms with Crippen LogP contribution >= 0.6 is 23.1 Å². The highest BCUT2D eigenvalue weighted by atomic mass is 32.2. The van der Waals surface area contributed by atoms with E-state index >= 15 is 0 Å². The third-order valence-electron chi connectivity index (χ3n) is 4.40. The van der Waals surface area contributed by atoms with Gasteiger partial charge in [-0.2, -0.15) is 9.61 Å². The SMILES string of the molecule is COc1cccc(-c2nc(SCc3cc(=O)n4nc(C5CC5)sc4n3)n[nH]2)c1. The number of ether oxygens (including phenoxy) is 1. The van der Waals surface area contributed by atoms with Crippen molar-refractivity contribution in [1.82, 2.24) is 29.8 Å². The van der Waals surface area contributed by atoms with Crippen molar-refractivity contribution >= 4 is 28.1 Å². The predicted octanol–water partition coefficient (Wildman–Crippen LogP) is 3.11. The highest BCUT2D eigenvalue weighted by Gasteiger charge is 2.28. The van der Waals surface area contributed by atoms with Gasteiger partial charge in [0.1, 0.15) is 10.8 Å². The summed E-state index contributed by atoms with van der Waals surface area (Å²) in [5, 5.41) is 13.2. The summed E-state index contributed by atoms with van der Waals surface area (Å²) in [6.45, 7) is 0. The molecule has 3 aromatic heterocycles. The Kier molecular flexibility index (Phi) is 4.36. The number of aromatic amines is 1. The smallest absolute Gasteiger partial charge is 0.275 e. The van der Waals surface area contributed by atoms with Crippen molar-refractivity contribution in [1.29, 1.82) is 0 Å². The molecule has 1 aliphatic rings. The monoisotopic (exact) mass is 412 g/mol. The third-order valence-corrected chi connectivity index (χ3v) is 6.35. The van der Waals surface area contributed by atoms with Crippen LogP contribution in [0.1, 0.15) is 29.5 Å². The normalized spacial score (nSPS) is 13.9. The van der Waals surface area contributed by atoms with E-state index in [0.29, 0.717) is 33.3 Å². The lowest BCUT2D eigenvalue weighted by Crippen LogP contribution is -2.15. The molecule has 1 aliphatic carbocycles. The van der Waals surface area contributed by atoms with E-state index in [2.05, 4.69) is 25.3 Å². The molecule has 0 amide bonds. The van der Waals surface area contributed by atoms with Gasteiger partial charge in [-0.1, -0.05) is 35.2 Å². The lowest BCUT2D eigenvalue weighted by molar-refractivity contribution is 0.415. The number of benzene rings is 1. The zero-order chi connectivity index (χ0) is 19.1. The highest BCUT2D eigenvalue weighted by molar-refractivity contribution is 7.98. The van der Waals surface area contributed by atoms with E-state index in [-0.39, 0.29) is 5.56 Å². The van der Waals surface area contributed by atoms with Gasteiger partial charge < -0.3 is 4.74 Å². The molecule has 0 unspecified atom stereocenters. The van der Waals surface area contributed by atoms with Crippen molar-refractivity contribution in [2.45, 2.75) is 29.7 Å². The second kappa shape index (κ2) is 7.02. The molecule has 28 heavy (non-hydrogen) atoms. The molecule has 0 aliphatic heterocycles. The van der Waals surface area contributed by atoms with E-state index in [0.717, 1.165) is 29.2 Å². The zero-order valence-corrected chi connectivity index (χ0v) is 16.6. The molecule has 0 spiro atoms. The molecule has 0 atom stereocenters. The molecule has 0 radical (unpaired) electrons. The van der Waals surface area contributed by atoms with Gasteiger partial charge in [-0.25, -0.2) is 9.97 Å². The fraction of sp³-hybridized carbons (Fsp3) is 0.278. The van der Waals surface area contributed by atoms with Crippen molar-refractivity contribution in [3.05, 3.63) is 51.4 Å². The van der Waals surface area contributed by atoms with Crippen LogP contribution in [-0.4, -0.2) is 36.9 Å². The maximum Gasteiger partial charge on any atom is 0.275 e. The summed E-state index contributed by atoms with van der Waals surface area (Å²) < 4.78 is 6.65. The van der Waals surface area contributed by atoms with Crippen molar-refractivity contribution in [2.75, 3.05) is 7.11 Å². The van der Waals surface area contributed by atoms with Crippen molar-refractivity contribution in [2.24, 2.45) is 0 Å². The first-order valence-corrected chi connectivity index (χ1v) is 10.6. The minimum Gasteiger partial charge on any atom is -0.497 e. The van der Waals surface area contributed by atoms with Gasteiger partial charge in [0.05, 0.1) is 12.8 Å². The lowest BCUT2D eigenvalue weighted by atomic mass is 10.2. The molecular formula is C18H16N6O2S2. The minimum atomic E-state index is -0.143. The van der Waals surface area contributed by atoms with Gasteiger partial charge in [-0.3, -0.25) is 9.89 Å². The maximum atomic E-state index is 12.3. The third kappa shape index (κ3) is 3.40. The Hall–Kier alpha value is -2.72. The Morgan fingerprint density at radius 2 is 2.21 bits per heavy atom. The number of aromatic nitrogens is 6. The van der Waals surface area contributed by atoms with Crippen molar-refractivity contribution < 1.29 is 4.74 Å². The average molecular weight is 413 g/mol. The Labute approximate surface area is 168 Å². The Morgan fingerprint density at radius 3 is 3.04 bits per heavy atom. The molecule has 8 nitrogen and oxygen atoms in total.